The molecule has 2 heterocycles. The molecule has 1 fully saturated rings. The third kappa shape index (κ3) is 3.62. The van der Waals surface area contributed by atoms with Crippen LogP contribution < -0.4 is 10.1 Å². The monoisotopic (exact) mass is 318 g/mol. The molecule has 1 aromatic heterocycles. The Hall–Kier alpha value is -2.12. The van der Waals surface area contributed by atoms with Crippen LogP contribution in [-0.2, 0) is 4.79 Å². The quantitative estimate of drug-likeness (QED) is 0.771. The van der Waals surface area contributed by atoms with Crippen molar-refractivity contribution in [2.24, 2.45) is 5.92 Å². The number of aliphatic hydroxyl groups excluding tert-OH is 1. The number of aromatic nitrogens is 2. The van der Waals surface area contributed by atoms with E-state index in [0.29, 0.717) is 18.3 Å². The zero-order chi connectivity index (χ0) is 16.2. The number of piperidine rings is 1. The molecular formula is C16H22N4O3. The highest BCUT2D eigenvalue weighted by Crippen LogP contribution is 2.25. The summed E-state index contributed by atoms with van der Waals surface area (Å²) >= 11 is 0. The van der Waals surface area contributed by atoms with Gasteiger partial charge in [-0.1, -0.05) is 0 Å². The lowest BCUT2D eigenvalue weighted by molar-refractivity contribution is -0.117. The maximum atomic E-state index is 12.2. The van der Waals surface area contributed by atoms with Crippen LogP contribution in [0.3, 0.4) is 0 Å². The summed E-state index contributed by atoms with van der Waals surface area (Å²) in [5.41, 5.74) is 0.852. The van der Waals surface area contributed by atoms with Crippen molar-refractivity contribution in [1.82, 2.24) is 15.1 Å². The second kappa shape index (κ2) is 6.97. The van der Waals surface area contributed by atoms with Crippen molar-refractivity contribution in [2.45, 2.75) is 12.8 Å². The Labute approximate surface area is 134 Å². The van der Waals surface area contributed by atoms with Crippen LogP contribution in [0.25, 0.3) is 10.9 Å². The van der Waals surface area contributed by atoms with Crippen molar-refractivity contribution in [3.63, 3.8) is 0 Å². The molecule has 1 aliphatic rings. The van der Waals surface area contributed by atoms with Gasteiger partial charge in [-0.3, -0.25) is 14.8 Å². The van der Waals surface area contributed by atoms with E-state index >= 15 is 0 Å². The van der Waals surface area contributed by atoms with Crippen LogP contribution in [0.2, 0.25) is 0 Å². The summed E-state index contributed by atoms with van der Waals surface area (Å²) in [7, 11) is 1.61. The van der Waals surface area contributed by atoms with E-state index in [1.54, 1.807) is 7.11 Å². The average Bonchev–Trinajstić information content (AvgIpc) is 2.97. The van der Waals surface area contributed by atoms with Crippen LogP contribution in [0.1, 0.15) is 12.8 Å². The summed E-state index contributed by atoms with van der Waals surface area (Å²) < 4.78 is 5.21. The first kappa shape index (κ1) is 15.8. The van der Waals surface area contributed by atoms with E-state index in [1.165, 1.54) is 0 Å². The molecule has 7 nitrogen and oxygen atoms in total. The molecule has 1 aliphatic heterocycles. The van der Waals surface area contributed by atoms with Gasteiger partial charge in [0.2, 0.25) is 5.91 Å². The molecule has 3 N–H and O–H groups in total. The molecule has 124 valence electrons. The SMILES string of the molecule is COc1ccc2[nH]nc(NC(=O)CN3CCC(CO)CC3)c2c1. The predicted molar refractivity (Wildman–Crippen MR) is 87.5 cm³/mol. The number of H-pyrrole nitrogens is 1. The van der Waals surface area contributed by atoms with Gasteiger partial charge in [-0.15, -0.1) is 0 Å². The van der Waals surface area contributed by atoms with E-state index < -0.39 is 0 Å². The molecule has 0 aliphatic carbocycles. The second-order valence-corrected chi connectivity index (χ2v) is 5.93. The van der Waals surface area contributed by atoms with Gasteiger partial charge in [-0.05, 0) is 50.0 Å². The summed E-state index contributed by atoms with van der Waals surface area (Å²) in [6.45, 7) is 2.26. The van der Waals surface area contributed by atoms with Gasteiger partial charge in [-0.25, -0.2) is 0 Å². The van der Waals surface area contributed by atoms with Gasteiger partial charge < -0.3 is 15.2 Å². The molecule has 0 saturated carbocycles. The molecule has 1 aromatic carbocycles. The Morgan fingerprint density at radius 1 is 1.48 bits per heavy atom. The smallest absolute Gasteiger partial charge is 0.239 e. The Bertz CT molecular complexity index is 677. The minimum atomic E-state index is -0.0799. The molecule has 3 rings (SSSR count). The molecule has 0 bridgehead atoms. The first-order chi connectivity index (χ1) is 11.2. The molecule has 7 heteroatoms. The number of hydrogen-bond donors (Lipinski definition) is 3. The summed E-state index contributed by atoms with van der Waals surface area (Å²) in [6.07, 6.45) is 1.87. The summed E-state index contributed by atoms with van der Waals surface area (Å²) in [5.74, 6) is 1.54. The second-order valence-electron chi connectivity index (χ2n) is 5.93. The van der Waals surface area contributed by atoms with Crippen molar-refractivity contribution in [3.8, 4) is 5.75 Å². The number of anilines is 1. The van der Waals surface area contributed by atoms with Gasteiger partial charge in [0.25, 0.3) is 0 Å². The van der Waals surface area contributed by atoms with Gasteiger partial charge in [-0.2, -0.15) is 5.10 Å². The molecule has 0 radical (unpaired) electrons. The molecule has 23 heavy (non-hydrogen) atoms. The van der Waals surface area contributed by atoms with E-state index in [9.17, 15) is 4.79 Å². The maximum Gasteiger partial charge on any atom is 0.239 e. The number of nitrogens with zero attached hydrogens (tertiary/aromatic N) is 2. The van der Waals surface area contributed by atoms with Gasteiger partial charge in [0.05, 0.1) is 19.2 Å². The number of aliphatic hydroxyl groups is 1. The average molecular weight is 318 g/mol. The number of methoxy groups -OCH3 is 1. The maximum absolute atomic E-state index is 12.2. The van der Waals surface area contributed by atoms with E-state index in [2.05, 4.69) is 20.4 Å². The van der Waals surface area contributed by atoms with Gasteiger partial charge in [0.1, 0.15) is 5.75 Å². The number of fused-ring (bicyclic) bond motifs is 1. The van der Waals surface area contributed by atoms with E-state index in [0.717, 1.165) is 42.6 Å². The van der Waals surface area contributed by atoms with Crippen molar-refractivity contribution >= 4 is 22.6 Å². The van der Waals surface area contributed by atoms with Crippen LogP contribution in [0.5, 0.6) is 5.75 Å². The molecule has 0 spiro atoms. The van der Waals surface area contributed by atoms with Crippen molar-refractivity contribution in [1.29, 1.82) is 0 Å². The number of amides is 1. The van der Waals surface area contributed by atoms with Crippen LogP contribution >= 0.6 is 0 Å². The minimum absolute atomic E-state index is 0.0799. The third-order valence-electron chi connectivity index (χ3n) is 4.36. The Morgan fingerprint density at radius 2 is 2.26 bits per heavy atom. The molecular weight excluding hydrogens is 296 g/mol. The normalized spacial score (nSPS) is 16.6. The topological polar surface area (TPSA) is 90.5 Å². The fraction of sp³-hybridized carbons (Fsp3) is 0.500. The van der Waals surface area contributed by atoms with Crippen LogP contribution in [-0.4, -0.2) is 59.5 Å². The lowest BCUT2D eigenvalue weighted by Gasteiger charge is -2.30. The van der Waals surface area contributed by atoms with E-state index in [-0.39, 0.29) is 12.5 Å². The number of nitrogens with one attached hydrogen (secondary N) is 2. The highest BCUT2D eigenvalue weighted by Gasteiger charge is 2.20. The van der Waals surface area contributed by atoms with Gasteiger partial charge >= 0.3 is 0 Å². The molecule has 1 saturated heterocycles. The molecule has 2 aromatic rings. The lowest BCUT2D eigenvalue weighted by atomic mass is 9.98. The molecule has 0 atom stereocenters. The summed E-state index contributed by atoms with van der Waals surface area (Å²) in [4.78, 5) is 14.3. The Balaban J connectivity index is 1.62. The number of benzene rings is 1. The van der Waals surface area contributed by atoms with Gasteiger partial charge in [0, 0.05) is 12.0 Å². The van der Waals surface area contributed by atoms with Crippen molar-refractivity contribution in [2.75, 3.05) is 38.7 Å². The highest BCUT2D eigenvalue weighted by molar-refractivity contribution is 6.00. The standard InChI is InChI=1S/C16H22N4O3/c1-23-12-2-3-14-13(8-12)16(19-18-14)17-15(22)9-20-6-4-11(10-21)5-7-20/h2-3,8,11,21H,4-7,9-10H2,1H3,(H2,17,18,19,22). The number of rotatable bonds is 5. The first-order valence-electron chi connectivity index (χ1n) is 7.84. The zero-order valence-electron chi connectivity index (χ0n) is 13.2. The number of carbonyl (C=O) groups excluding carboxylic acids is 1. The predicted octanol–water partition coefficient (Wildman–Crippen LogP) is 1.21. The Morgan fingerprint density at radius 3 is 2.96 bits per heavy atom. The van der Waals surface area contributed by atoms with Crippen LogP contribution in [0, 0.1) is 5.92 Å². The fourth-order valence-corrected chi connectivity index (χ4v) is 2.92. The number of likely N-dealkylation sites (tertiary alicyclic amines) is 1. The van der Waals surface area contributed by atoms with Gasteiger partial charge in [0.15, 0.2) is 5.82 Å². The number of carbonyl (C=O) groups is 1. The first-order valence-corrected chi connectivity index (χ1v) is 7.84. The zero-order valence-corrected chi connectivity index (χ0v) is 13.2. The summed E-state index contributed by atoms with van der Waals surface area (Å²) in [6, 6.07) is 5.56. The highest BCUT2D eigenvalue weighted by atomic mass is 16.5. The minimum Gasteiger partial charge on any atom is -0.497 e. The van der Waals surface area contributed by atoms with Crippen LogP contribution in [0.4, 0.5) is 5.82 Å². The Kier molecular flexibility index (Phi) is 4.78. The number of hydrogen-bond acceptors (Lipinski definition) is 5. The van der Waals surface area contributed by atoms with Crippen molar-refractivity contribution < 1.29 is 14.6 Å². The van der Waals surface area contributed by atoms with Crippen LogP contribution in [0.15, 0.2) is 18.2 Å². The van der Waals surface area contributed by atoms with Crippen molar-refractivity contribution in [3.05, 3.63) is 18.2 Å². The largest absolute Gasteiger partial charge is 0.497 e. The lowest BCUT2D eigenvalue weighted by Crippen LogP contribution is -2.39. The molecule has 1 amide bonds. The number of ether oxygens (including phenoxy) is 1. The number of aromatic amines is 1. The van der Waals surface area contributed by atoms with E-state index in [1.807, 2.05) is 18.2 Å². The van der Waals surface area contributed by atoms with E-state index in [4.69, 9.17) is 9.84 Å². The fourth-order valence-electron chi connectivity index (χ4n) is 2.92. The summed E-state index contributed by atoms with van der Waals surface area (Å²) in [5, 5.41) is 19.9. The third-order valence-corrected chi connectivity index (χ3v) is 4.36. The molecule has 0 unspecified atom stereocenters.